The van der Waals surface area contributed by atoms with Crippen LogP contribution >= 0.6 is 0 Å². The lowest BCUT2D eigenvalue weighted by Gasteiger charge is -2.11. The number of hydrogen-bond donors (Lipinski definition) is 1. The van der Waals surface area contributed by atoms with Crippen LogP contribution in [0.25, 0.3) is 0 Å². The Balaban J connectivity index is 2.29. The number of amides is 1. The molecule has 8 nitrogen and oxygen atoms in total. The van der Waals surface area contributed by atoms with Crippen molar-refractivity contribution in [2.45, 2.75) is 20.5 Å². The summed E-state index contributed by atoms with van der Waals surface area (Å²) >= 11 is 0. The fraction of sp³-hybridized carbons (Fsp3) is 0.286. The summed E-state index contributed by atoms with van der Waals surface area (Å²) in [6.07, 6.45) is 0. The molecule has 0 aliphatic carbocycles. The molecule has 0 fully saturated rings. The van der Waals surface area contributed by atoms with E-state index in [9.17, 15) is 23.7 Å². The van der Waals surface area contributed by atoms with Gasteiger partial charge in [-0.15, -0.1) is 0 Å². The molecule has 128 valence electrons. The van der Waals surface area contributed by atoms with Crippen LogP contribution in [0.1, 0.15) is 21.7 Å². The second kappa shape index (κ2) is 6.60. The van der Waals surface area contributed by atoms with Crippen molar-refractivity contribution in [1.29, 1.82) is 0 Å². The van der Waals surface area contributed by atoms with Gasteiger partial charge in [-0.25, -0.2) is 0 Å². The lowest BCUT2D eigenvalue weighted by atomic mass is 10.2. The molecule has 0 radical (unpaired) electrons. The normalized spacial score (nSPS) is 10.8. The summed E-state index contributed by atoms with van der Waals surface area (Å²) < 4.78 is 29.8. The van der Waals surface area contributed by atoms with Crippen LogP contribution in [0.3, 0.4) is 0 Å². The average molecular weight is 340 g/mol. The maximum atomic E-state index is 12.4. The van der Waals surface area contributed by atoms with Gasteiger partial charge in [-0.1, -0.05) is 0 Å². The Labute approximate surface area is 135 Å². The molecule has 2 aromatic rings. The van der Waals surface area contributed by atoms with E-state index in [1.807, 2.05) is 0 Å². The van der Waals surface area contributed by atoms with Crippen molar-refractivity contribution < 1.29 is 23.2 Å². The minimum absolute atomic E-state index is 0.0529. The van der Waals surface area contributed by atoms with E-state index in [0.29, 0.717) is 11.3 Å². The Morgan fingerprint density at radius 3 is 2.62 bits per heavy atom. The van der Waals surface area contributed by atoms with Gasteiger partial charge in [-0.2, -0.15) is 13.9 Å². The maximum absolute atomic E-state index is 12.4. The number of anilines is 1. The minimum atomic E-state index is -2.95. The highest BCUT2D eigenvalue weighted by molar-refractivity contribution is 6.06. The second-order valence-corrected chi connectivity index (χ2v) is 4.97. The second-order valence-electron chi connectivity index (χ2n) is 4.97. The molecule has 0 saturated carbocycles. The van der Waals surface area contributed by atoms with Crippen LogP contribution in [0.4, 0.5) is 20.2 Å². The van der Waals surface area contributed by atoms with E-state index in [4.69, 9.17) is 0 Å². The van der Waals surface area contributed by atoms with Gasteiger partial charge in [0, 0.05) is 12.7 Å². The first kappa shape index (κ1) is 17.3. The number of alkyl halides is 2. The molecular formula is C14H14F2N4O4. The van der Waals surface area contributed by atoms with E-state index in [1.54, 1.807) is 6.92 Å². The number of nitrogens with one attached hydrogen (secondary N) is 1. The third kappa shape index (κ3) is 3.47. The third-order valence-electron chi connectivity index (χ3n) is 3.26. The van der Waals surface area contributed by atoms with Crippen LogP contribution in [0.5, 0.6) is 5.75 Å². The van der Waals surface area contributed by atoms with Crippen LogP contribution in [-0.2, 0) is 7.05 Å². The van der Waals surface area contributed by atoms with Gasteiger partial charge in [0.05, 0.1) is 4.92 Å². The topological polar surface area (TPSA) is 99.3 Å². The van der Waals surface area contributed by atoms with E-state index in [0.717, 1.165) is 4.68 Å². The maximum Gasteiger partial charge on any atom is 0.387 e. The predicted octanol–water partition coefficient (Wildman–Crippen LogP) is 2.80. The molecule has 0 bridgehead atoms. The van der Waals surface area contributed by atoms with Crippen molar-refractivity contribution in [3.05, 3.63) is 45.3 Å². The number of nitro groups is 1. The number of nitrogens with zero attached hydrogens (tertiary/aromatic N) is 3. The number of hydrogen-bond acceptors (Lipinski definition) is 5. The van der Waals surface area contributed by atoms with E-state index >= 15 is 0 Å². The molecule has 10 heteroatoms. The molecular weight excluding hydrogens is 326 g/mol. The first-order valence-corrected chi connectivity index (χ1v) is 6.75. The minimum Gasteiger partial charge on any atom is -0.435 e. The fourth-order valence-electron chi connectivity index (χ4n) is 2.25. The van der Waals surface area contributed by atoms with Gasteiger partial charge in [0.2, 0.25) is 5.69 Å². The average Bonchev–Trinajstić information content (AvgIpc) is 2.75. The van der Waals surface area contributed by atoms with Crippen LogP contribution < -0.4 is 10.1 Å². The van der Waals surface area contributed by atoms with Gasteiger partial charge in [0.25, 0.3) is 5.91 Å². The lowest BCUT2D eigenvalue weighted by Crippen LogP contribution is -2.18. The molecule has 1 aromatic heterocycles. The standard InChI is InChI=1S/C14H14F2N4O4/c1-7-6-9(24-14(15)16)4-5-10(7)17-13(21)12-11(20(22)23)8(2)18-19(12)3/h4-6,14H,1-3H3,(H,17,21). The SMILES string of the molecule is Cc1cc(OC(F)F)ccc1NC(=O)c1c([N+](=O)[O-])c(C)nn1C. The third-order valence-corrected chi connectivity index (χ3v) is 3.26. The van der Waals surface area contributed by atoms with Gasteiger partial charge in [-0.3, -0.25) is 19.6 Å². The molecule has 1 heterocycles. The van der Waals surface area contributed by atoms with Crippen molar-refractivity contribution in [1.82, 2.24) is 9.78 Å². The summed E-state index contributed by atoms with van der Waals surface area (Å²) in [5, 5.41) is 17.5. The Bertz CT molecular complexity index is 804. The van der Waals surface area contributed by atoms with Crippen molar-refractivity contribution in [2.75, 3.05) is 5.32 Å². The van der Waals surface area contributed by atoms with Crippen molar-refractivity contribution >= 4 is 17.3 Å². The van der Waals surface area contributed by atoms with Crippen molar-refractivity contribution in [3.8, 4) is 5.75 Å². The zero-order valence-electron chi connectivity index (χ0n) is 13.0. The zero-order chi connectivity index (χ0) is 18.0. The highest BCUT2D eigenvalue weighted by Crippen LogP contribution is 2.26. The number of halogens is 2. The van der Waals surface area contributed by atoms with Crippen LogP contribution in [0.2, 0.25) is 0 Å². The van der Waals surface area contributed by atoms with Gasteiger partial charge in [0.15, 0.2) is 0 Å². The highest BCUT2D eigenvalue weighted by atomic mass is 19.3. The van der Waals surface area contributed by atoms with E-state index in [2.05, 4.69) is 15.2 Å². The number of carbonyl (C=O) groups is 1. The molecule has 24 heavy (non-hydrogen) atoms. The highest BCUT2D eigenvalue weighted by Gasteiger charge is 2.29. The smallest absolute Gasteiger partial charge is 0.387 e. The summed E-state index contributed by atoms with van der Waals surface area (Å²) in [5.41, 5.74) is 0.304. The molecule has 0 aliphatic heterocycles. The fourth-order valence-corrected chi connectivity index (χ4v) is 2.25. The largest absolute Gasteiger partial charge is 0.435 e. The van der Waals surface area contributed by atoms with Gasteiger partial charge >= 0.3 is 12.3 Å². The summed E-state index contributed by atoms with van der Waals surface area (Å²) in [6, 6.07) is 3.96. The number of carbonyl (C=O) groups excluding carboxylic acids is 1. The quantitative estimate of drug-likeness (QED) is 0.666. The molecule has 1 N–H and O–H groups in total. The predicted molar refractivity (Wildman–Crippen MR) is 80.4 cm³/mol. The van der Waals surface area contributed by atoms with Crippen molar-refractivity contribution in [3.63, 3.8) is 0 Å². The molecule has 0 saturated heterocycles. The number of benzene rings is 1. The Morgan fingerprint density at radius 1 is 1.42 bits per heavy atom. The number of aryl methyl sites for hydroxylation is 3. The Morgan fingerprint density at radius 2 is 2.08 bits per heavy atom. The van der Waals surface area contributed by atoms with E-state index in [-0.39, 0.29) is 22.8 Å². The summed E-state index contributed by atoms with van der Waals surface area (Å²) in [4.78, 5) is 22.8. The van der Waals surface area contributed by atoms with E-state index in [1.165, 1.54) is 32.2 Å². The summed E-state index contributed by atoms with van der Waals surface area (Å²) in [7, 11) is 1.42. The van der Waals surface area contributed by atoms with Crippen LogP contribution in [0, 0.1) is 24.0 Å². The van der Waals surface area contributed by atoms with Gasteiger partial charge in [-0.05, 0) is 37.6 Å². The van der Waals surface area contributed by atoms with Crippen LogP contribution in [0.15, 0.2) is 18.2 Å². The lowest BCUT2D eigenvalue weighted by molar-refractivity contribution is -0.385. The molecule has 1 amide bonds. The first-order valence-electron chi connectivity index (χ1n) is 6.75. The monoisotopic (exact) mass is 340 g/mol. The molecule has 2 rings (SSSR count). The first-order chi connectivity index (χ1) is 11.2. The van der Waals surface area contributed by atoms with Crippen LogP contribution in [-0.4, -0.2) is 27.2 Å². The van der Waals surface area contributed by atoms with E-state index < -0.39 is 17.4 Å². The number of aromatic nitrogens is 2. The molecule has 1 aromatic carbocycles. The Kier molecular flexibility index (Phi) is 4.77. The number of rotatable bonds is 5. The summed E-state index contributed by atoms with van der Waals surface area (Å²) in [6.45, 7) is 0.0536. The number of ether oxygens (including phenoxy) is 1. The molecule has 0 unspecified atom stereocenters. The molecule has 0 atom stereocenters. The Hall–Kier alpha value is -3.04. The van der Waals surface area contributed by atoms with Gasteiger partial charge in [0.1, 0.15) is 11.4 Å². The molecule has 0 spiro atoms. The molecule has 0 aliphatic rings. The van der Waals surface area contributed by atoms with Crippen molar-refractivity contribution in [2.24, 2.45) is 7.05 Å². The summed E-state index contributed by atoms with van der Waals surface area (Å²) in [5.74, 6) is -0.779. The zero-order valence-corrected chi connectivity index (χ0v) is 13.0. The van der Waals surface area contributed by atoms with Gasteiger partial charge < -0.3 is 10.1 Å².